The van der Waals surface area contributed by atoms with Crippen LogP contribution in [0.5, 0.6) is 0 Å². The molecule has 3 heteroatoms. The van der Waals surface area contributed by atoms with Gasteiger partial charge < -0.3 is 5.11 Å². The number of carboxylic acids is 1. The van der Waals surface area contributed by atoms with Crippen molar-refractivity contribution in [2.24, 2.45) is 11.8 Å². The first-order chi connectivity index (χ1) is 5.75. The Morgan fingerprint density at radius 3 is 2.31 bits per heavy atom. The highest BCUT2D eigenvalue weighted by molar-refractivity contribution is 5.75. The molecule has 1 aliphatic carbocycles. The Balaban J connectivity index is 0.00000144. The number of hydrogen-bond donors (Lipinski definition) is 1. The molecule has 1 fully saturated rings. The summed E-state index contributed by atoms with van der Waals surface area (Å²) in [7, 11) is 0. The third kappa shape index (κ3) is 3.71. The minimum atomic E-state index is -0.593. The highest BCUT2D eigenvalue weighted by Gasteiger charge is 2.27. The van der Waals surface area contributed by atoms with Gasteiger partial charge in [-0.25, -0.2) is 0 Å². The fourth-order valence-electron chi connectivity index (χ4n) is 2.25. The molecule has 76 valence electrons. The molecular formula is C10H21AlO2. The lowest BCUT2D eigenvalue weighted by atomic mass is 9.79. The molecule has 0 heterocycles. The van der Waals surface area contributed by atoms with Gasteiger partial charge in [0.1, 0.15) is 0 Å². The SMILES string of the molecule is CCC(C(=O)O)C1CCCCC1.[AlH3]. The smallest absolute Gasteiger partial charge is 0.306 e. The number of aliphatic carboxylic acids is 1. The van der Waals surface area contributed by atoms with E-state index in [0.717, 1.165) is 19.3 Å². The molecule has 1 rings (SSSR count). The Hall–Kier alpha value is 0.00247. The summed E-state index contributed by atoms with van der Waals surface area (Å²) in [5, 5.41) is 8.93. The van der Waals surface area contributed by atoms with Gasteiger partial charge in [0.15, 0.2) is 17.4 Å². The van der Waals surface area contributed by atoms with E-state index in [9.17, 15) is 4.79 Å². The van der Waals surface area contributed by atoms with Gasteiger partial charge in [0.05, 0.1) is 5.92 Å². The van der Waals surface area contributed by atoms with Crippen LogP contribution in [0.1, 0.15) is 45.4 Å². The van der Waals surface area contributed by atoms with E-state index in [1.807, 2.05) is 6.92 Å². The Morgan fingerprint density at radius 1 is 1.38 bits per heavy atom. The van der Waals surface area contributed by atoms with Crippen LogP contribution in [-0.2, 0) is 4.79 Å². The number of carbonyl (C=O) groups is 1. The molecule has 1 N–H and O–H groups in total. The van der Waals surface area contributed by atoms with E-state index in [2.05, 4.69) is 0 Å². The summed E-state index contributed by atoms with van der Waals surface area (Å²) in [6.45, 7) is 1.98. The second-order valence-corrected chi connectivity index (χ2v) is 3.75. The molecule has 0 saturated heterocycles. The number of hydrogen-bond acceptors (Lipinski definition) is 1. The molecule has 1 atom stereocenters. The monoisotopic (exact) mass is 200 g/mol. The standard InChI is InChI=1S/C10H18O2.Al.3H/c1-2-9(10(11)12)8-6-4-3-5-7-8;;;;/h8-9H,2-7H2,1H3,(H,11,12);;;;. The summed E-state index contributed by atoms with van der Waals surface area (Å²) in [5.41, 5.74) is 0. The van der Waals surface area contributed by atoms with Crippen LogP contribution >= 0.6 is 0 Å². The van der Waals surface area contributed by atoms with Crippen LogP contribution in [0.3, 0.4) is 0 Å². The number of rotatable bonds is 3. The van der Waals surface area contributed by atoms with Crippen molar-refractivity contribution in [2.45, 2.75) is 45.4 Å². The Bertz CT molecular complexity index is 153. The van der Waals surface area contributed by atoms with Crippen LogP contribution in [0.4, 0.5) is 0 Å². The largest absolute Gasteiger partial charge is 0.481 e. The molecule has 0 radical (unpaired) electrons. The predicted molar refractivity (Wildman–Crippen MR) is 57.9 cm³/mol. The van der Waals surface area contributed by atoms with Gasteiger partial charge in [0.25, 0.3) is 0 Å². The van der Waals surface area contributed by atoms with E-state index in [4.69, 9.17) is 5.11 Å². The molecule has 0 bridgehead atoms. The maximum atomic E-state index is 10.8. The molecule has 1 unspecified atom stereocenters. The molecule has 13 heavy (non-hydrogen) atoms. The van der Waals surface area contributed by atoms with Crippen LogP contribution in [-0.4, -0.2) is 28.4 Å². The summed E-state index contributed by atoms with van der Waals surface area (Å²) >= 11 is 0. The Kier molecular flexibility index (Phi) is 6.46. The second kappa shape index (κ2) is 6.46. The normalized spacial score (nSPS) is 20.4. The summed E-state index contributed by atoms with van der Waals surface area (Å²) < 4.78 is 0. The van der Waals surface area contributed by atoms with Gasteiger partial charge in [-0.3, -0.25) is 4.79 Å². The van der Waals surface area contributed by atoms with E-state index in [-0.39, 0.29) is 23.3 Å². The fraction of sp³-hybridized carbons (Fsp3) is 0.900. The average molecular weight is 200 g/mol. The second-order valence-electron chi connectivity index (χ2n) is 3.75. The maximum absolute atomic E-state index is 10.8. The topological polar surface area (TPSA) is 37.3 Å². The van der Waals surface area contributed by atoms with Crippen molar-refractivity contribution in [3.05, 3.63) is 0 Å². The molecule has 0 aliphatic heterocycles. The molecule has 0 aromatic heterocycles. The van der Waals surface area contributed by atoms with Crippen LogP contribution in [0.2, 0.25) is 0 Å². The Labute approximate surface area is 90.8 Å². The van der Waals surface area contributed by atoms with Crippen molar-refractivity contribution < 1.29 is 9.90 Å². The van der Waals surface area contributed by atoms with Crippen molar-refractivity contribution >= 4 is 23.3 Å². The molecular weight excluding hydrogens is 179 g/mol. The highest BCUT2D eigenvalue weighted by atomic mass is 27.0. The number of carboxylic acid groups (broad SMARTS) is 1. The summed E-state index contributed by atoms with van der Waals surface area (Å²) in [4.78, 5) is 10.8. The van der Waals surface area contributed by atoms with Gasteiger partial charge in [-0.1, -0.05) is 26.2 Å². The van der Waals surface area contributed by atoms with E-state index in [0.29, 0.717) is 5.92 Å². The molecule has 0 spiro atoms. The average Bonchev–Trinajstić information content (AvgIpc) is 2.07. The zero-order valence-corrected chi connectivity index (χ0v) is 7.75. The lowest BCUT2D eigenvalue weighted by molar-refractivity contribution is -0.144. The zero-order valence-electron chi connectivity index (χ0n) is 7.75. The summed E-state index contributed by atoms with van der Waals surface area (Å²) in [6, 6.07) is 0. The highest BCUT2D eigenvalue weighted by Crippen LogP contribution is 2.31. The third-order valence-electron chi connectivity index (χ3n) is 2.98. The van der Waals surface area contributed by atoms with Crippen molar-refractivity contribution in [3.8, 4) is 0 Å². The maximum Gasteiger partial charge on any atom is 0.306 e. The first kappa shape index (κ1) is 13.0. The summed E-state index contributed by atoms with van der Waals surface area (Å²) in [6.07, 6.45) is 6.81. The van der Waals surface area contributed by atoms with Gasteiger partial charge in [0.2, 0.25) is 0 Å². The third-order valence-corrected chi connectivity index (χ3v) is 2.98. The van der Waals surface area contributed by atoms with Gasteiger partial charge in [-0.15, -0.1) is 0 Å². The molecule has 0 aromatic rings. The van der Waals surface area contributed by atoms with Crippen molar-refractivity contribution in [1.82, 2.24) is 0 Å². The minimum absolute atomic E-state index is 0. The van der Waals surface area contributed by atoms with E-state index >= 15 is 0 Å². The first-order valence-electron chi connectivity index (χ1n) is 4.98. The van der Waals surface area contributed by atoms with Crippen LogP contribution in [0.25, 0.3) is 0 Å². The van der Waals surface area contributed by atoms with E-state index < -0.39 is 5.97 Å². The lowest BCUT2D eigenvalue weighted by Gasteiger charge is -2.26. The van der Waals surface area contributed by atoms with E-state index in [1.54, 1.807) is 0 Å². The van der Waals surface area contributed by atoms with Gasteiger partial charge in [-0.2, -0.15) is 0 Å². The van der Waals surface area contributed by atoms with Crippen molar-refractivity contribution in [3.63, 3.8) is 0 Å². The van der Waals surface area contributed by atoms with Crippen LogP contribution in [0.15, 0.2) is 0 Å². The van der Waals surface area contributed by atoms with Crippen molar-refractivity contribution in [1.29, 1.82) is 0 Å². The van der Waals surface area contributed by atoms with Gasteiger partial charge in [-0.05, 0) is 25.2 Å². The van der Waals surface area contributed by atoms with Gasteiger partial charge >= 0.3 is 5.97 Å². The van der Waals surface area contributed by atoms with Gasteiger partial charge in [0, 0.05) is 0 Å². The Morgan fingerprint density at radius 2 is 1.92 bits per heavy atom. The fourth-order valence-corrected chi connectivity index (χ4v) is 2.25. The molecule has 1 saturated carbocycles. The zero-order chi connectivity index (χ0) is 8.97. The summed E-state index contributed by atoms with van der Waals surface area (Å²) in [5.74, 6) is -0.212. The molecule has 0 amide bonds. The molecule has 2 nitrogen and oxygen atoms in total. The van der Waals surface area contributed by atoms with Crippen molar-refractivity contribution in [2.75, 3.05) is 0 Å². The lowest BCUT2D eigenvalue weighted by Crippen LogP contribution is -2.24. The minimum Gasteiger partial charge on any atom is -0.481 e. The van der Waals surface area contributed by atoms with Crippen LogP contribution < -0.4 is 0 Å². The van der Waals surface area contributed by atoms with Crippen LogP contribution in [0, 0.1) is 11.8 Å². The molecule has 1 aliphatic rings. The molecule has 0 aromatic carbocycles. The quantitative estimate of drug-likeness (QED) is 0.701. The predicted octanol–water partition coefficient (Wildman–Crippen LogP) is 1.49. The van der Waals surface area contributed by atoms with E-state index in [1.165, 1.54) is 19.3 Å². The first-order valence-corrected chi connectivity index (χ1v) is 4.98.